The minimum atomic E-state index is -1.22. The number of rotatable bonds is 5. The summed E-state index contributed by atoms with van der Waals surface area (Å²) < 4.78 is 1.43. The van der Waals surface area contributed by atoms with Gasteiger partial charge < -0.3 is 14.8 Å². The predicted octanol–water partition coefficient (Wildman–Crippen LogP) is 1.05. The van der Waals surface area contributed by atoms with Crippen LogP contribution in [0.5, 0.6) is 0 Å². The molecule has 17 heavy (non-hydrogen) atoms. The van der Waals surface area contributed by atoms with Crippen molar-refractivity contribution in [3.05, 3.63) is 33.7 Å². The van der Waals surface area contributed by atoms with Gasteiger partial charge in [-0.2, -0.15) is 0 Å². The van der Waals surface area contributed by atoms with E-state index in [9.17, 15) is 9.59 Å². The molecule has 0 amide bonds. The fourth-order valence-corrected chi connectivity index (χ4v) is 1.72. The van der Waals surface area contributed by atoms with E-state index in [-0.39, 0.29) is 18.1 Å². The highest BCUT2D eigenvalue weighted by molar-refractivity contribution is 5.87. The predicted molar refractivity (Wildman–Crippen MR) is 63.5 cm³/mol. The number of aliphatic hydroxyl groups excluding tert-OH is 1. The Morgan fingerprint density at radius 1 is 1.41 bits per heavy atom. The molecule has 1 heterocycles. The van der Waals surface area contributed by atoms with E-state index in [0.717, 1.165) is 5.69 Å². The van der Waals surface area contributed by atoms with Crippen LogP contribution in [0.1, 0.15) is 42.2 Å². The summed E-state index contributed by atoms with van der Waals surface area (Å²) in [5.41, 5.74) is 0.0536. The van der Waals surface area contributed by atoms with E-state index >= 15 is 0 Å². The smallest absolute Gasteiger partial charge is 0.341 e. The van der Waals surface area contributed by atoms with Gasteiger partial charge in [-0.05, 0) is 24.5 Å². The minimum Gasteiger partial charge on any atom is -0.477 e. The second kappa shape index (κ2) is 5.63. The zero-order valence-corrected chi connectivity index (χ0v) is 10.0. The van der Waals surface area contributed by atoms with Crippen LogP contribution in [0.4, 0.5) is 0 Å². The van der Waals surface area contributed by atoms with Crippen LogP contribution >= 0.6 is 0 Å². The van der Waals surface area contributed by atoms with E-state index in [1.54, 1.807) is 6.07 Å². The Morgan fingerprint density at radius 3 is 2.53 bits per heavy atom. The lowest BCUT2D eigenvalue weighted by Crippen LogP contribution is -2.29. The molecule has 5 nitrogen and oxygen atoms in total. The summed E-state index contributed by atoms with van der Waals surface area (Å²) in [6.07, 6.45) is 0.433. The Hall–Kier alpha value is -1.62. The summed E-state index contributed by atoms with van der Waals surface area (Å²) in [4.78, 5) is 22.8. The van der Waals surface area contributed by atoms with Gasteiger partial charge in [-0.3, -0.25) is 4.79 Å². The highest BCUT2D eigenvalue weighted by Gasteiger charge is 2.15. The molecule has 0 unspecified atom stereocenters. The maximum Gasteiger partial charge on any atom is 0.341 e. The first kappa shape index (κ1) is 13.4. The number of hydrogen-bond donors (Lipinski definition) is 2. The molecule has 0 aliphatic heterocycles. The summed E-state index contributed by atoms with van der Waals surface area (Å²) in [7, 11) is 0. The average molecular weight is 239 g/mol. The third-order valence-electron chi connectivity index (χ3n) is 2.57. The van der Waals surface area contributed by atoms with Crippen LogP contribution in [0.3, 0.4) is 0 Å². The van der Waals surface area contributed by atoms with Crippen molar-refractivity contribution in [3.63, 3.8) is 0 Å². The van der Waals surface area contributed by atoms with Gasteiger partial charge in [0.2, 0.25) is 0 Å². The molecule has 2 N–H and O–H groups in total. The molecule has 0 atom stereocenters. The molecule has 0 fully saturated rings. The van der Waals surface area contributed by atoms with E-state index in [4.69, 9.17) is 10.2 Å². The van der Waals surface area contributed by atoms with Crippen LogP contribution in [-0.4, -0.2) is 27.4 Å². The van der Waals surface area contributed by atoms with Crippen LogP contribution in [-0.2, 0) is 6.54 Å². The molecule has 94 valence electrons. The van der Waals surface area contributed by atoms with Crippen molar-refractivity contribution in [2.45, 2.75) is 32.7 Å². The summed E-state index contributed by atoms with van der Waals surface area (Å²) in [5, 5.41) is 17.7. The largest absolute Gasteiger partial charge is 0.477 e. The van der Waals surface area contributed by atoms with Gasteiger partial charge in [-0.15, -0.1) is 0 Å². The van der Waals surface area contributed by atoms with Gasteiger partial charge in [0.25, 0.3) is 5.56 Å². The fraction of sp³-hybridized carbons (Fsp3) is 0.500. The number of hydrogen-bond acceptors (Lipinski definition) is 3. The lowest BCUT2D eigenvalue weighted by molar-refractivity contribution is 0.0694. The van der Waals surface area contributed by atoms with Crippen molar-refractivity contribution in [3.8, 4) is 0 Å². The van der Waals surface area contributed by atoms with Crippen molar-refractivity contribution in [1.29, 1.82) is 0 Å². The molecule has 0 radical (unpaired) electrons. The first-order valence-electron chi connectivity index (χ1n) is 5.57. The molecule has 0 saturated heterocycles. The molecule has 0 aromatic carbocycles. The Bertz CT molecular complexity index is 462. The molecule has 1 rings (SSSR count). The Morgan fingerprint density at radius 2 is 2.06 bits per heavy atom. The molecule has 0 saturated carbocycles. The Balaban J connectivity index is 3.31. The standard InChI is InChI=1S/C12H17NO4/c1-8(2)10-5-4-9(12(16)17)11(15)13(10)6-3-7-14/h4-5,8,14H,3,6-7H2,1-2H3,(H,16,17). The van der Waals surface area contributed by atoms with Gasteiger partial charge in [0.05, 0.1) is 0 Å². The summed E-state index contributed by atoms with van der Waals surface area (Å²) in [5.74, 6) is -1.09. The first-order chi connectivity index (χ1) is 7.99. The number of pyridine rings is 1. The van der Waals surface area contributed by atoms with Crippen molar-refractivity contribution < 1.29 is 15.0 Å². The molecule has 1 aromatic rings. The second-order valence-electron chi connectivity index (χ2n) is 4.17. The summed E-state index contributed by atoms with van der Waals surface area (Å²) >= 11 is 0. The molecular formula is C12H17NO4. The highest BCUT2D eigenvalue weighted by Crippen LogP contribution is 2.13. The van der Waals surface area contributed by atoms with Crippen molar-refractivity contribution in [2.75, 3.05) is 6.61 Å². The van der Waals surface area contributed by atoms with Crippen molar-refractivity contribution in [2.24, 2.45) is 0 Å². The van der Waals surface area contributed by atoms with Crippen molar-refractivity contribution >= 4 is 5.97 Å². The molecule has 0 spiro atoms. The zero-order chi connectivity index (χ0) is 13.0. The fourth-order valence-electron chi connectivity index (χ4n) is 1.72. The third-order valence-corrected chi connectivity index (χ3v) is 2.57. The molecular weight excluding hydrogens is 222 g/mol. The van der Waals surface area contributed by atoms with Crippen LogP contribution in [0, 0.1) is 0 Å². The van der Waals surface area contributed by atoms with Crippen LogP contribution in [0.15, 0.2) is 16.9 Å². The Kier molecular flexibility index (Phi) is 4.45. The zero-order valence-electron chi connectivity index (χ0n) is 10.0. The first-order valence-corrected chi connectivity index (χ1v) is 5.57. The van der Waals surface area contributed by atoms with Gasteiger partial charge in [-0.1, -0.05) is 13.8 Å². The molecule has 5 heteroatoms. The number of nitrogens with zero attached hydrogens (tertiary/aromatic N) is 1. The number of aromatic nitrogens is 1. The van der Waals surface area contributed by atoms with E-state index in [1.807, 2.05) is 13.8 Å². The molecule has 0 aliphatic carbocycles. The second-order valence-corrected chi connectivity index (χ2v) is 4.17. The highest BCUT2D eigenvalue weighted by atomic mass is 16.4. The summed E-state index contributed by atoms with van der Waals surface area (Å²) in [6, 6.07) is 3.00. The number of aromatic carboxylic acids is 1. The van der Waals surface area contributed by atoms with Gasteiger partial charge in [0.1, 0.15) is 5.56 Å². The lowest BCUT2D eigenvalue weighted by atomic mass is 10.1. The average Bonchev–Trinajstić information content (AvgIpc) is 2.26. The van der Waals surface area contributed by atoms with Crippen molar-refractivity contribution in [1.82, 2.24) is 4.57 Å². The van der Waals surface area contributed by atoms with Gasteiger partial charge in [0.15, 0.2) is 0 Å². The number of carboxylic acids is 1. The van der Waals surface area contributed by atoms with E-state index in [0.29, 0.717) is 13.0 Å². The minimum absolute atomic E-state index is 0.0265. The number of aliphatic hydroxyl groups is 1. The molecule has 1 aromatic heterocycles. The Labute approximate surface area is 99.3 Å². The maximum atomic E-state index is 11.9. The van der Waals surface area contributed by atoms with E-state index in [1.165, 1.54) is 10.6 Å². The quantitative estimate of drug-likeness (QED) is 0.805. The maximum absolute atomic E-state index is 11.9. The van der Waals surface area contributed by atoms with E-state index in [2.05, 4.69) is 0 Å². The van der Waals surface area contributed by atoms with Gasteiger partial charge >= 0.3 is 5.97 Å². The normalized spacial score (nSPS) is 10.8. The topological polar surface area (TPSA) is 79.5 Å². The third kappa shape index (κ3) is 2.94. The number of carbonyl (C=O) groups is 1. The SMILES string of the molecule is CC(C)c1ccc(C(=O)O)c(=O)n1CCCO. The van der Waals surface area contributed by atoms with Crippen LogP contribution < -0.4 is 5.56 Å². The molecule has 0 aliphatic rings. The van der Waals surface area contributed by atoms with Gasteiger partial charge in [0, 0.05) is 18.8 Å². The van der Waals surface area contributed by atoms with Crippen LogP contribution in [0.25, 0.3) is 0 Å². The monoisotopic (exact) mass is 239 g/mol. The van der Waals surface area contributed by atoms with Gasteiger partial charge in [-0.25, -0.2) is 4.79 Å². The number of carboxylic acid groups (broad SMARTS) is 1. The summed E-state index contributed by atoms with van der Waals surface area (Å²) in [6.45, 7) is 4.18. The lowest BCUT2D eigenvalue weighted by Gasteiger charge is -2.15. The van der Waals surface area contributed by atoms with Crippen LogP contribution in [0.2, 0.25) is 0 Å². The van der Waals surface area contributed by atoms with E-state index < -0.39 is 11.5 Å². The molecule has 0 bridgehead atoms.